The van der Waals surface area contributed by atoms with E-state index in [9.17, 15) is 9.59 Å². The fraction of sp³-hybridized carbons (Fsp3) is 0.278. The minimum absolute atomic E-state index is 0.155. The number of hydrogen-bond acceptors (Lipinski definition) is 4. The van der Waals surface area contributed by atoms with Crippen LogP contribution in [-0.4, -0.2) is 39.9 Å². The van der Waals surface area contributed by atoms with E-state index >= 15 is 0 Å². The fourth-order valence-corrected chi connectivity index (χ4v) is 3.34. The molecule has 7 heteroatoms. The van der Waals surface area contributed by atoms with Gasteiger partial charge in [0.05, 0.1) is 25.1 Å². The Labute approximate surface area is 144 Å². The molecule has 4 rings (SSSR count). The van der Waals surface area contributed by atoms with Gasteiger partial charge in [0, 0.05) is 24.2 Å². The van der Waals surface area contributed by atoms with Gasteiger partial charge < -0.3 is 19.2 Å². The van der Waals surface area contributed by atoms with E-state index in [2.05, 4.69) is 10.3 Å². The lowest BCUT2D eigenvalue weighted by Gasteiger charge is -2.33. The molecule has 0 spiro atoms. The van der Waals surface area contributed by atoms with Gasteiger partial charge in [0.1, 0.15) is 11.6 Å². The lowest BCUT2D eigenvalue weighted by molar-refractivity contribution is -0.124. The molecule has 0 radical (unpaired) electrons. The van der Waals surface area contributed by atoms with Crippen LogP contribution in [0, 0.1) is 6.92 Å². The normalized spacial score (nSPS) is 16.7. The maximum atomic E-state index is 13.0. The largest absolute Gasteiger partial charge is 0.451 e. The smallest absolute Gasteiger partial charge is 0.290 e. The monoisotopic (exact) mass is 338 g/mol. The van der Waals surface area contributed by atoms with Gasteiger partial charge in [0.25, 0.3) is 5.91 Å². The highest BCUT2D eigenvalue weighted by molar-refractivity contribution is 5.99. The SMILES string of the molecule is CNC(=O)C1CN(C(=O)c2oc3ccccc3c2C)Cc2cncn21. The van der Waals surface area contributed by atoms with Crippen LogP contribution in [0.1, 0.15) is 27.9 Å². The predicted molar refractivity (Wildman–Crippen MR) is 91.0 cm³/mol. The highest BCUT2D eigenvalue weighted by atomic mass is 16.3. The summed E-state index contributed by atoms with van der Waals surface area (Å²) >= 11 is 0. The van der Waals surface area contributed by atoms with Crippen molar-refractivity contribution < 1.29 is 14.0 Å². The van der Waals surface area contributed by atoms with Gasteiger partial charge in [-0.25, -0.2) is 4.98 Å². The first kappa shape index (κ1) is 15.4. The van der Waals surface area contributed by atoms with Crippen molar-refractivity contribution in [3.05, 3.63) is 53.8 Å². The van der Waals surface area contributed by atoms with Crippen LogP contribution in [-0.2, 0) is 11.3 Å². The second-order valence-corrected chi connectivity index (χ2v) is 6.16. The summed E-state index contributed by atoms with van der Waals surface area (Å²) in [7, 11) is 1.59. The fourth-order valence-electron chi connectivity index (χ4n) is 3.34. The highest BCUT2D eigenvalue weighted by Crippen LogP contribution is 2.28. The van der Waals surface area contributed by atoms with Crippen molar-refractivity contribution in [1.82, 2.24) is 19.8 Å². The van der Waals surface area contributed by atoms with E-state index in [4.69, 9.17) is 4.42 Å². The van der Waals surface area contributed by atoms with Crippen molar-refractivity contribution in [2.45, 2.75) is 19.5 Å². The molecule has 2 amide bonds. The number of para-hydroxylation sites is 1. The molecule has 2 aromatic heterocycles. The zero-order valence-corrected chi connectivity index (χ0v) is 14.0. The number of aromatic nitrogens is 2. The van der Waals surface area contributed by atoms with Crippen LogP contribution in [0.4, 0.5) is 0 Å². The number of nitrogens with one attached hydrogen (secondary N) is 1. The van der Waals surface area contributed by atoms with Gasteiger partial charge in [-0.05, 0) is 13.0 Å². The number of benzene rings is 1. The van der Waals surface area contributed by atoms with Crippen molar-refractivity contribution in [2.24, 2.45) is 0 Å². The van der Waals surface area contributed by atoms with E-state index in [0.29, 0.717) is 17.9 Å². The lowest BCUT2D eigenvalue weighted by atomic mass is 10.1. The maximum absolute atomic E-state index is 13.0. The van der Waals surface area contributed by atoms with E-state index in [0.717, 1.165) is 16.6 Å². The highest BCUT2D eigenvalue weighted by Gasteiger charge is 2.34. The minimum Gasteiger partial charge on any atom is -0.451 e. The zero-order valence-electron chi connectivity index (χ0n) is 14.0. The topological polar surface area (TPSA) is 80.4 Å². The quantitative estimate of drug-likeness (QED) is 0.774. The van der Waals surface area contributed by atoms with Gasteiger partial charge in [-0.3, -0.25) is 9.59 Å². The van der Waals surface area contributed by atoms with E-state index in [-0.39, 0.29) is 18.4 Å². The van der Waals surface area contributed by atoms with Crippen molar-refractivity contribution in [2.75, 3.05) is 13.6 Å². The molecule has 1 aliphatic heterocycles. The molecule has 25 heavy (non-hydrogen) atoms. The van der Waals surface area contributed by atoms with Crippen molar-refractivity contribution in [3.8, 4) is 0 Å². The Hall–Kier alpha value is -3.09. The Balaban J connectivity index is 1.70. The molecule has 0 bridgehead atoms. The summed E-state index contributed by atoms with van der Waals surface area (Å²) in [5.74, 6) is -0.0436. The standard InChI is InChI=1S/C18H18N4O3/c1-11-13-5-3-4-6-15(13)25-16(11)18(24)21-8-12-7-20-10-22(12)14(9-21)17(23)19-2/h3-7,10,14H,8-9H2,1-2H3,(H,19,23). The predicted octanol–water partition coefficient (Wildman–Crippen LogP) is 1.88. The van der Waals surface area contributed by atoms with E-state index in [1.165, 1.54) is 0 Å². The second kappa shape index (κ2) is 5.77. The minimum atomic E-state index is -0.495. The second-order valence-electron chi connectivity index (χ2n) is 6.16. The molecule has 1 N–H and O–H groups in total. The molecular formula is C18H18N4O3. The van der Waals surface area contributed by atoms with Gasteiger partial charge in [-0.1, -0.05) is 18.2 Å². The number of amides is 2. The van der Waals surface area contributed by atoms with Crippen LogP contribution in [0.2, 0.25) is 0 Å². The Bertz CT molecular complexity index is 972. The molecule has 0 aliphatic carbocycles. The van der Waals surface area contributed by atoms with Crippen LogP contribution >= 0.6 is 0 Å². The number of likely N-dealkylation sites (N-methyl/N-ethyl adjacent to an activating group) is 1. The van der Waals surface area contributed by atoms with Crippen molar-refractivity contribution >= 4 is 22.8 Å². The third-order valence-electron chi connectivity index (χ3n) is 4.70. The molecular weight excluding hydrogens is 320 g/mol. The van der Waals surface area contributed by atoms with Crippen LogP contribution in [0.3, 0.4) is 0 Å². The molecule has 1 unspecified atom stereocenters. The summed E-state index contributed by atoms with van der Waals surface area (Å²) in [6.45, 7) is 2.55. The number of carbonyl (C=O) groups excluding carboxylic acids is 2. The Morgan fingerprint density at radius 3 is 2.88 bits per heavy atom. The van der Waals surface area contributed by atoms with Crippen molar-refractivity contribution in [3.63, 3.8) is 0 Å². The molecule has 1 aromatic carbocycles. The van der Waals surface area contributed by atoms with Gasteiger partial charge in [0.15, 0.2) is 5.76 Å². The molecule has 3 heterocycles. The average Bonchev–Trinajstić information content (AvgIpc) is 3.24. The van der Waals surface area contributed by atoms with Crippen LogP contribution in [0.25, 0.3) is 11.0 Å². The Kier molecular flexibility index (Phi) is 3.56. The number of fused-ring (bicyclic) bond motifs is 2. The third-order valence-corrected chi connectivity index (χ3v) is 4.70. The molecule has 3 aromatic rings. The van der Waals surface area contributed by atoms with Gasteiger partial charge >= 0.3 is 0 Å². The number of nitrogens with zero attached hydrogens (tertiary/aromatic N) is 3. The third kappa shape index (κ3) is 2.39. The Morgan fingerprint density at radius 2 is 2.12 bits per heavy atom. The number of rotatable bonds is 2. The van der Waals surface area contributed by atoms with E-state index < -0.39 is 6.04 Å². The molecule has 128 valence electrons. The number of hydrogen-bond donors (Lipinski definition) is 1. The molecule has 0 saturated carbocycles. The molecule has 1 aliphatic rings. The van der Waals surface area contributed by atoms with E-state index in [1.54, 1.807) is 24.5 Å². The average molecular weight is 338 g/mol. The number of carbonyl (C=O) groups is 2. The van der Waals surface area contributed by atoms with Crippen LogP contribution in [0.5, 0.6) is 0 Å². The molecule has 1 atom stereocenters. The molecule has 7 nitrogen and oxygen atoms in total. The molecule has 0 fully saturated rings. The summed E-state index contributed by atoms with van der Waals surface area (Å²) in [5.41, 5.74) is 2.33. The summed E-state index contributed by atoms with van der Waals surface area (Å²) in [6, 6.07) is 7.08. The summed E-state index contributed by atoms with van der Waals surface area (Å²) in [4.78, 5) is 31.0. The number of aryl methyl sites for hydroxylation is 1. The van der Waals surface area contributed by atoms with Gasteiger partial charge in [-0.15, -0.1) is 0 Å². The number of furan rings is 1. The number of imidazole rings is 1. The first-order chi connectivity index (χ1) is 12.1. The van der Waals surface area contributed by atoms with Gasteiger partial charge in [0.2, 0.25) is 5.91 Å². The molecule has 0 saturated heterocycles. The summed E-state index contributed by atoms with van der Waals surface area (Å²) < 4.78 is 7.60. The zero-order chi connectivity index (χ0) is 17.6. The first-order valence-electron chi connectivity index (χ1n) is 8.10. The van der Waals surface area contributed by atoms with E-state index in [1.807, 2.05) is 35.8 Å². The summed E-state index contributed by atoms with van der Waals surface area (Å²) in [5, 5.41) is 3.58. The van der Waals surface area contributed by atoms with Gasteiger partial charge in [-0.2, -0.15) is 0 Å². The van der Waals surface area contributed by atoms with Crippen LogP contribution in [0.15, 0.2) is 41.2 Å². The Morgan fingerprint density at radius 1 is 1.32 bits per heavy atom. The summed E-state index contributed by atoms with van der Waals surface area (Å²) in [6.07, 6.45) is 3.31. The lowest BCUT2D eigenvalue weighted by Crippen LogP contribution is -2.45. The maximum Gasteiger partial charge on any atom is 0.290 e. The van der Waals surface area contributed by atoms with Crippen molar-refractivity contribution in [1.29, 1.82) is 0 Å². The van der Waals surface area contributed by atoms with Crippen LogP contribution < -0.4 is 5.32 Å². The first-order valence-corrected chi connectivity index (χ1v) is 8.10.